The molecule has 2 N–H and O–H groups in total. The van der Waals surface area contributed by atoms with Gasteiger partial charge < -0.3 is 14.9 Å². The lowest BCUT2D eigenvalue weighted by atomic mass is 10.3. The Morgan fingerprint density at radius 2 is 2.20 bits per heavy atom. The number of halogens is 3. The summed E-state index contributed by atoms with van der Waals surface area (Å²) in [6, 6.07) is 0. The van der Waals surface area contributed by atoms with Crippen molar-refractivity contribution in [2.45, 2.75) is 25.7 Å². The van der Waals surface area contributed by atoms with Crippen LogP contribution >= 0.6 is 0 Å². The van der Waals surface area contributed by atoms with Crippen LogP contribution in [0, 0.1) is 6.92 Å². The van der Waals surface area contributed by atoms with Crippen molar-refractivity contribution in [1.82, 2.24) is 15.5 Å². The Bertz CT molecular complexity index is 313. The number of aromatic nitrogens is 2. The normalized spacial score (nSPS) is 14.2. The second-order valence-corrected chi connectivity index (χ2v) is 2.92. The average molecular weight is 225 g/mol. The lowest BCUT2D eigenvalue weighted by molar-refractivity contribution is -0.201. The van der Waals surface area contributed by atoms with Crippen molar-refractivity contribution in [2.75, 3.05) is 6.54 Å². The fraction of sp³-hybridized carbons (Fsp3) is 0.714. The Labute approximate surface area is 83.3 Å². The summed E-state index contributed by atoms with van der Waals surface area (Å²) >= 11 is 0. The molecule has 0 aliphatic heterocycles. The van der Waals surface area contributed by atoms with Gasteiger partial charge in [-0.15, -0.1) is 0 Å². The monoisotopic (exact) mass is 225 g/mol. The van der Waals surface area contributed by atoms with E-state index < -0.39 is 18.8 Å². The van der Waals surface area contributed by atoms with Gasteiger partial charge in [0.15, 0.2) is 11.9 Å². The summed E-state index contributed by atoms with van der Waals surface area (Å²) in [5, 5.41) is 14.4. The number of aliphatic hydroxyl groups excluding tert-OH is 1. The van der Waals surface area contributed by atoms with E-state index in [9.17, 15) is 13.2 Å². The van der Waals surface area contributed by atoms with Gasteiger partial charge in [-0.1, -0.05) is 5.16 Å². The number of nitrogens with one attached hydrogen (secondary N) is 1. The number of nitrogens with zero attached hydrogens (tertiary/aromatic N) is 2. The molecule has 0 amide bonds. The Morgan fingerprint density at radius 3 is 2.67 bits per heavy atom. The number of hydrogen-bond acceptors (Lipinski definition) is 5. The van der Waals surface area contributed by atoms with Gasteiger partial charge in [0.1, 0.15) is 0 Å². The minimum Gasteiger partial charge on any atom is -0.382 e. The lowest BCUT2D eigenvalue weighted by Gasteiger charge is -2.14. The zero-order valence-electron chi connectivity index (χ0n) is 7.88. The molecule has 0 fully saturated rings. The summed E-state index contributed by atoms with van der Waals surface area (Å²) in [4.78, 5) is 3.77. The summed E-state index contributed by atoms with van der Waals surface area (Å²) in [5.41, 5.74) is 0. The van der Waals surface area contributed by atoms with Crippen LogP contribution in [0.25, 0.3) is 0 Å². The average Bonchev–Trinajstić information content (AvgIpc) is 2.49. The summed E-state index contributed by atoms with van der Waals surface area (Å²) in [5.74, 6) is 0.588. The maximum absolute atomic E-state index is 11.8. The van der Waals surface area contributed by atoms with Crippen molar-refractivity contribution in [3.8, 4) is 0 Å². The Hall–Kier alpha value is -1.15. The van der Waals surface area contributed by atoms with E-state index in [1.807, 2.05) is 0 Å². The number of aliphatic hydroxyl groups is 1. The molecule has 0 aliphatic carbocycles. The van der Waals surface area contributed by atoms with Gasteiger partial charge in [-0.05, 0) is 0 Å². The molecule has 0 aromatic carbocycles. The molecule has 1 heterocycles. The third kappa shape index (κ3) is 3.84. The van der Waals surface area contributed by atoms with Gasteiger partial charge in [-0.25, -0.2) is 0 Å². The maximum Gasteiger partial charge on any atom is 0.415 e. The molecule has 0 radical (unpaired) electrons. The molecule has 1 unspecified atom stereocenters. The van der Waals surface area contributed by atoms with Crippen molar-refractivity contribution in [2.24, 2.45) is 0 Å². The standard InChI is InChI=1S/C7H10F3N3O2/c1-4-12-6(13-15-4)3-11-2-5(14)7(8,9)10/h5,11,14H,2-3H2,1H3. The third-order valence-electron chi connectivity index (χ3n) is 1.57. The van der Waals surface area contributed by atoms with E-state index in [2.05, 4.69) is 20.0 Å². The van der Waals surface area contributed by atoms with Crippen LogP contribution in [-0.2, 0) is 6.54 Å². The van der Waals surface area contributed by atoms with Gasteiger partial charge in [0.25, 0.3) is 0 Å². The Kier molecular flexibility index (Phi) is 3.64. The summed E-state index contributed by atoms with van der Waals surface area (Å²) in [7, 11) is 0. The Morgan fingerprint density at radius 1 is 1.53 bits per heavy atom. The molecule has 1 rings (SSSR count). The minimum absolute atomic E-state index is 0.0183. The summed E-state index contributed by atoms with van der Waals surface area (Å²) < 4.78 is 40.1. The van der Waals surface area contributed by atoms with E-state index in [0.29, 0.717) is 5.89 Å². The summed E-state index contributed by atoms with van der Waals surface area (Å²) in [6.45, 7) is 0.989. The quantitative estimate of drug-likeness (QED) is 0.775. The van der Waals surface area contributed by atoms with Crippen molar-refractivity contribution < 1.29 is 22.8 Å². The van der Waals surface area contributed by atoms with Crippen LogP contribution in [0.2, 0.25) is 0 Å². The third-order valence-corrected chi connectivity index (χ3v) is 1.57. The minimum atomic E-state index is -4.61. The molecule has 8 heteroatoms. The molecule has 1 atom stereocenters. The first-order valence-corrected chi connectivity index (χ1v) is 4.14. The molecule has 86 valence electrons. The first-order valence-electron chi connectivity index (χ1n) is 4.14. The summed E-state index contributed by atoms with van der Waals surface area (Å²) in [6.07, 6.45) is -6.99. The van der Waals surface area contributed by atoms with Crippen LogP contribution in [0.3, 0.4) is 0 Å². The number of rotatable bonds is 4. The predicted molar refractivity (Wildman–Crippen MR) is 42.8 cm³/mol. The van der Waals surface area contributed by atoms with E-state index in [4.69, 9.17) is 5.11 Å². The second kappa shape index (κ2) is 4.58. The van der Waals surface area contributed by atoms with Crippen molar-refractivity contribution in [1.29, 1.82) is 0 Å². The van der Waals surface area contributed by atoms with E-state index in [1.165, 1.54) is 0 Å². The molecule has 0 saturated heterocycles. The van der Waals surface area contributed by atoms with Crippen LogP contribution in [0.15, 0.2) is 4.52 Å². The van der Waals surface area contributed by atoms with Gasteiger partial charge in [-0.2, -0.15) is 18.2 Å². The first kappa shape index (κ1) is 11.9. The van der Waals surface area contributed by atoms with E-state index >= 15 is 0 Å². The molecule has 1 aromatic heterocycles. The van der Waals surface area contributed by atoms with Crippen LogP contribution in [0.4, 0.5) is 13.2 Å². The highest BCUT2D eigenvalue weighted by atomic mass is 19.4. The van der Waals surface area contributed by atoms with E-state index in [-0.39, 0.29) is 12.4 Å². The molecular weight excluding hydrogens is 215 g/mol. The van der Waals surface area contributed by atoms with Crippen molar-refractivity contribution in [3.05, 3.63) is 11.7 Å². The fourth-order valence-corrected chi connectivity index (χ4v) is 0.850. The number of alkyl halides is 3. The molecule has 5 nitrogen and oxygen atoms in total. The topological polar surface area (TPSA) is 71.2 Å². The SMILES string of the molecule is Cc1nc(CNCC(O)C(F)(F)F)no1. The molecule has 0 saturated carbocycles. The van der Waals surface area contributed by atoms with Crippen LogP contribution < -0.4 is 5.32 Å². The highest BCUT2D eigenvalue weighted by molar-refractivity contribution is 4.83. The van der Waals surface area contributed by atoms with Crippen LogP contribution in [0.5, 0.6) is 0 Å². The fourth-order valence-electron chi connectivity index (χ4n) is 0.850. The van der Waals surface area contributed by atoms with E-state index in [0.717, 1.165) is 0 Å². The Balaban J connectivity index is 2.28. The highest BCUT2D eigenvalue weighted by Crippen LogP contribution is 2.19. The first-order chi connectivity index (χ1) is 6.89. The molecule has 0 aliphatic rings. The zero-order valence-corrected chi connectivity index (χ0v) is 7.88. The van der Waals surface area contributed by atoms with Gasteiger partial charge in [0.05, 0.1) is 6.54 Å². The zero-order chi connectivity index (χ0) is 11.5. The van der Waals surface area contributed by atoms with E-state index in [1.54, 1.807) is 6.92 Å². The molecule has 1 aromatic rings. The second-order valence-electron chi connectivity index (χ2n) is 2.92. The van der Waals surface area contributed by atoms with Crippen LogP contribution in [0.1, 0.15) is 11.7 Å². The van der Waals surface area contributed by atoms with Crippen molar-refractivity contribution in [3.63, 3.8) is 0 Å². The molecular formula is C7H10F3N3O2. The number of hydrogen-bond donors (Lipinski definition) is 2. The largest absolute Gasteiger partial charge is 0.415 e. The maximum atomic E-state index is 11.8. The van der Waals surface area contributed by atoms with Gasteiger partial charge in [0, 0.05) is 13.5 Å². The van der Waals surface area contributed by atoms with Gasteiger partial charge in [0.2, 0.25) is 5.89 Å². The highest BCUT2D eigenvalue weighted by Gasteiger charge is 2.37. The molecule has 0 bridgehead atoms. The lowest BCUT2D eigenvalue weighted by Crippen LogP contribution is -2.38. The predicted octanol–water partition coefficient (Wildman–Crippen LogP) is 0.391. The molecule has 0 spiro atoms. The smallest absolute Gasteiger partial charge is 0.382 e. The van der Waals surface area contributed by atoms with Crippen molar-refractivity contribution >= 4 is 0 Å². The number of aryl methyl sites for hydroxylation is 1. The van der Waals surface area contributed by atoms with Gasteiger partial charge in [-0.3, -0.25) is 0 Å². The molecule has 15 heavy (non-hydrogen) atoms. The van der Waals surface area contributed by atoms with Crippen LogP contribution in [-0.4, -0.2) is 34.1 Å². The van der Waals surface area contributed by atoms with Gasteiger partial charge >= 0.3 is 6.18 Å².